The van der Waals surface area contributed by atoms with Gasteiger partial charge in [-0.1, -0.05) is 25.0 Å². The summed E-state index contributed by atoms with van der Waals surface area (Å²) in [7, 11) is 0. The average molecular weight is 204 g/mol. The molecule has 2 heteroatoms. The van der Waals surface area contributed by atoms with Gasteiger partial charge in [-0.2, -0.15) is 0 Å². The molecule has 0 N–H and O–H groups in total. The Balaban J connectivity index is 2.69. The third-order valence-corrected chi connectivity index (χ3v) is 2.56. The molecule has 2 nitrogen and oxygen atoms in total. The van der Waals surface area contributed by atoms with Crippen molar-refractivity contribution >= 4 is 5.97 Å². The van der Waals surface area contributed by atoms with Gasteiger partial charge in [0.2, 0.25) is 0 Å². The van der Waals surface area contributed by atoms with Gasteiger partial charge in [-0.05, 0) is 19.4 Å². The van der Waals surface area contributed by atoms with Gasteiger partial charge in [0.05, 0.1) is 0 Å². The number of hydrogen-bond acceptors (Lipinski definition) is 2. The van der Waals surface area contributed by atoms with Gasteiger partial charge in [-0.25, -0.2) is 4.79 Å². The first kappa shape index (κ1) is 11.6. The molecule has 15 heavy (non-hydrogen) atoms. The monoisotopic (exact) mass is 204 g/mol. The predicted octanol–water partition coefficient (Wildman–Crippen LogP) is 2.46. The molecule has 2 atom stereocenters. The molecule has 0 saturated carbocycles. The van der Waals surface area contributed by atoms with Crippen molar-refractivity contribution in [2.24, 2.45) is 5.92 Å². The molecule has 0 fully saturated rings. The highest BCUT2D eigenvalue weighted by Gasteiger charge is 2.24. The molecule has 80 valence electrons. The molecule has 0 unspecified atom stereocenters. The molecule has 0 spiro atoms. The maximum Gasteiger partial charge on any atom is 0.333 e. The van der Waals surface area contributed by atoms with Gasteiger partial charge in [-0.15, -0.1) is 6.42 Å². The fourth-order valence-corrected chi connectivity index (χ4v) is 1.53. The van der Waals surface area contributed by atoms with Gasteiger partial charge >= 0.3 is 5.97 Å². The molecular weight excluding hydrogens is 188 g/mol. The molecule has 0 amide bonds. The number of allylic oxidation sites excluding steroid dienone is 1. The van der Waals surface area contributed by atoms with Crippen molar-refractivity contribution in [2.75, 3.05) is 0 Å². The number of ether oxygens (including phenoxy) is 1. The van der Waals surface area contributed by atoms with Gasteiger partial charge < -0.3 is 4.74 Å². The first-order valence-corrected chi connectivity index (χ1v) is 5.07. The van der Waals surface area contributed by atoms with Crippen LogP contribution in [0.5, 0.6) is 0 Å². The maximum atomic E-state index is 11.3. The van der Waals surface area contributed by atoms with Crippen LogP contribution in [0.1, 0.15) is 27.2 Å². The number of rotatable bonds is 2. The zero-order valence-electron chi connectivity index (χ0n) is 9.41. The van der Waals surface area contributed by atoms with Crippen LogP contribution in [-0.4, -0.2) is 12.1 Å². The molecule has 0 aliphatic carbocycles. The Kier molecular flexibility index (Phi) is 3.74. The van der Waals surface area contributed by atoms with E-state index in [1.54, 1.807) is 6.92 Å². The lowest BCUT2D eigenvalue weighted by Gasteiger charge is -2.24. The van der Waals surface area contributed by atoms with Crippen LogP contribution < -0.4 is 0 Å². The van der Waals surface area contributed by atoms with Gasteiger partial charge in [0.1, 0.15) is 6.10 Å². The van der Waals surface area contributed by atoms with Gasteiger partial charge in [-0.3, -0.25) is 0 Å². The maximum absolute atomic E-state index is 11.3. The topological polar surface area (TPSA) is 26.3 Å². The molecule has 0 radical (unpaired) electrons. The van der Waals surface area contributed by atoms with E-state index in [4.69, 9.17) is 11.2 Å². The largest absolute Gasteiger partial charge is 0.458 e. The smallest absolute Gasteiger partial charge is 0.333 e. The second-order valence-corrected chi connectivity index (χ2v) is 3.92. The summed E-state index contributed by atoms with van der Waals surface area (Å²) >= 11 is 0. The minimum atomic E-state index is -0.218. The van der Waals surface area contributed by atoms with Crippen molar-refractivity contribution in [3.63, 3.8) is 0 Å². The third kappa shape index (κ3) is 2.99. The van der Waals surface area contributed by atoms with Crippen molar-refractivity contribution < 1.29 is 9.53 Å². The van der Waals surface area contributed by atoms with Crippen molar-refractivity contribution in [1.82, 2.24) is 0 Å². The lowest BCUT2D eigenvalue weighted by molar-refractivity contribution is -0.147. The number of hydrogen-bond donors (Lipinski definition) is 0. The van der Waals surface area contributed by atoms with Crippen LogP contribution in [0.15, 0.2) is 23.3 Å². The summed E-state index contributed by atoms with van der Waals surface area (Å²) in [6, 6.07) is 0. The SMILES string of the molecule is C#C/C(C)=C/[C@H](C)[C@@H]1CC=C(C)C(=O)O1. The van der Waals surface area contributed by atoms with E-state index in [0.29, 0.717) is 5.57 Å². The molecule has 1 aliphatic heterocycles. The fraction of sp³-hybridized carbons (Fsp3) is 0.462. The molecular formula is C13H16O2. The normalized spacial score (nSPS) is 23.9. The summed E-state index contributed by atoms with van der Waals surface area (Å²) in [5, 5.41) is 0. The summed E-state index contributed by atoms with van der Waals surface area (Å²) in [5.74, 6) is 2.50. The predicted molar refractivity (Wildman–Crippen MR) is 60.0 cm³/mol. The minimum Gasteiger partial charge on any atom is -0.458 e. The van der Waals surface area contributed by atoms with E-state index in [-0.39, 0.29) is 18.0 Å². The van der Waals surface area contributed by atoms with Crippen LogP contribution in [0.3, 0.4) is 0 Å². The van der Waals surface area contributed by atoms with Crippen LogP contribution in [0, 0.1) is 18.3 Å². The van der Waals surface area contributed by atoms with E-state index in [2.05, 4.69) is 5.92 Å². The lowest BCUT2D eigenvalue weighted by atomic mass is 9.96. The number of carbonyl (C=O) groups is 1. The summed E-state index contributed by atoms with van der Waals surface area (Å²) < 4.78 is 5.29. The van der Waals surface area contributed by atoms with Crippen molar-refractivity contribution in [2.45, 2.75) is 33.3 Å². The van der Waals surface area contributed by atoms with E-state index in [0.717, 1.165) is 12.0 Å². The number of cyclic esters (lactones) is 1. The average Bonchev–Trinajstić information content (AvgIpc) is 2.21. The molecule has 0 saturated heterocycles. The Morgan fingerprint density at radius 1 is 1.80 bits per heavy atom. The minimum absolute atomic E-state index is 0.0792. The Labute approximate surface area is 91.0 Å². The molecule has 1 heterocycles. The zero-order valence-corrected chi connectivity index (χ0v) is 9.41. The van der Waals surface area contributed by atoms with Crippen molar-refractivity contribution in [1.29, 1.82) is 0 Å². The van der Waals surface area contributed by atoms with E-state index < -0.39 is 0 Å². The summed E-state index contributed by atoms with van der Waals surface area (Å²) in [6.45, 7) is 5.65. The van der Waals surface area contributed by atoms with Crippen LogP contribution in [0.25, 0.3) is 0 Å². The van der Waals surface area contributed by atoms with E-state index in [1.165, 1.54) is 0 Å². The highest BCUT2D eigenvalue weighted by molar-refractivity contribution is 5.88. The van der Waals surface area contributed by atoms with E-state index in [9.17, 15) is 4.79 Å². The summed E-state index contributed by atoms with van der Waals surface area (Å²) in [4.78, 5) is 11.3. The lowest BCUT2D eigenvalue weighted by Crippen LogP contribution is -2.27. The molecule has 1 rings (SSSR count). The van der Waals surface area contributed by atoms with Crippen molar-refractivity contribution in [3.05, 3.63) is 23.3 Å². The molecule has 1 aliphatic rings. The number of carbonyl (C=O) groups excluding carboxylic acids is 1. The second kappa shape index (κ2) is 4.84. The first-order valence-electron chi connectivity index (χ1n) is 5.07. The Morgan fingerprint density at radius 2 is 2.47 bits per heavy atom. The molecule has 0 aromatic carbocycles. The third-order valence-electron chi connectivity index (χ3n) is 2.56. The van der Waals surface area contributed by atoms with Crippen LogP contribution in [0.4, 0.5) is 0 Å². The molecule has 0 bridgehead atoms. The fourth-order valence-electron chi connectivity index (χ4n) is 1.53. The zero-order chi connectivity index (χ0) is 11.4. The van der Waals surface area contributed by atoms with Crippen LogP contribution in [-0.2, 0) is 9.53 Å². The quantitative estimate of drug-likeness (QED) is 0.510. The Hall–Kier alpha value is -1.49. The van der Waals surface area contributed by atoms with Gasteiger partial charge in [0, 0.05) is 17.9 Å². The van der Waals surface area contributed by atoms with Gasteiger partial charge in [0.15, 0.2) is 0 Å². The van der Waals surface area contributed by atoms with Gasteiger partial charge in [0.25, 0.3) is 0 Å². The second-order valence-electron chi connectivity index (χ2n) is 3.92. The Bertz CT molecular complexity index is 355. The summed E-state index contributed by atoms with van der Waals surface area (Å²) in [5.41, 5.74) is 1.57. The first-order chi connectivity index (χ1) is 7.04. The Morgan fingerprint density at radius 3 is 3.00 bits per heavy atom. The van der Waals surface area contributed by atoms with Crippen LogP contribution in [0.2, 0.25) is 0 Å². The highest BCUT2D eigenvalue weighted by Crippen LogP contribution is 2.21. The van der Waals surface area contributed by atoms with Crippen LogP contribution >= 0.6 is 0 Å². The standard InChI is InChI=1S/C13H16O2/c1-5-9(2)8-11(4)12-7-6-10(3)13(14)15-12/h1,6,8,11-12H,7H2,2-4H3/b9-8+/t11-,12-/m0/s1. The molecule has 0 aromatic heterocycles. The summed E-state index contributed by atoms with van der Waals surface area (Å²) in [6.07, 6.45) is 9.84. The molecule has 0 aromatic rings. The number of terminal acetylenes is 1. The highest BCUT2D eigenvalue weighted by atomic mass is 16.5. The van der Waals surface area contributed by atoms with E-state index >= 15 is 0 Å². The number of esters is 1. The van der Waals surface area contributed by atoms with Crippen molar-refractivity contribution in [3.8, 4) is 12.3 Å². The van der Waals surface area contributed by atoms with E-state index in [1.807, 2.05) is 26.0 Å².